The summed E-state index contributed by atoms with van der Waals surface area (Å²) in [6, 6.07) is 6.47. The van der Waals surface area contributed by atoms with Crippen molar-refractivity contribution in [1.82, 2.24) is 10.2 Å². The van der Waals surface area contributed by atoms with E-state index < -0.39 is 0 Å². The van der Waals surface area contributed by atoms with Gasteiger partial charge in [-0.3, -0.25) is 4.90 Å². The molecule has 1 fully saturated rings. The Morgan fingerprint density at radius 3 is 3.05 bits per heavy atom. The van der Waals surface area contributed by atoms with Gasteiger partial charge in [-0.25, -0.2) is 4.79 Å². The van der Waals surface area contributed by atoms with E-state index in [1.807, 2.05) is 0 Å². The zero-order chi connectivity index (χ0) is 13.9. The number of phenols is 1. The molecule has 2 heterocycles. The molecule has 1 aliphatic rings. The van der Waals surface area contributed by atoms with Crippen molar-refractivity contribution in [3.05, 3.63) is 40.2 Å². The predicted molar refractivity (Wildman–Crippen MR) is 76.9 cm³/mol. The molecule has 0 spiro atoms. The summed E-state index contributed by atoms with van der Waals surface area (Å²) in [6.07, 6.45) is 1.11. The third-order valence-electron chi connectivity index (χ3n) is 3.64. The minimum atomic E-state index is -0.369. The molecule has 2 aromatic rings. The lowest BCUT2D eigenvalue weighted by Crippen LogP contribution is -2.28. The van der Waals surface area contributed by atoms with Gasteiger partial charge in [0.2, 0.25) is 0 Å². The first-order chi connectivity index (χ1) is 9.72. The smallest absolute Gasteiger partial charge is 0.336 e. The molecule has 0 amide bonds. The minimum Gasteiger partial charge on any atom is -0.508 e. The number of hydrogen-bond acceptors (Lipinski definition) is 5. The van der Waals surface area contributed by atoms with Crippen molar-refractivity contribution >= 4 is 11.0 Å². The summed E-state index contributed by atoms with van der Waals surface area (Å²) in [7, 11) is 0. The average molecular weight is 274 g/mol. The molecule has 0 bridgehead atoms. The van der Waals surface area contributed by atoms with E-state index in [4.69, 9.17) is 4.42 Å². The van der Waals surface area contributed by atoms with Gasteiger partial charge in [-0.1, -0.05) is 0 Å². The predicted octanol–water partition coefficient (Wildman–Crippen LogP) is 1.29. The summed E-state index contributed by atoms with van der Waals surface area (Å²) in [5.74, 6) is 0.108. The lowest BCUT2D eigenvalue weighted by Gasteiger charge is -2.20. The number of benzene rings is 1. The van der Waals surface area contributed by atoms with Crippen LogP contribution in [0.3, 0.4) is 0 Å². The third-order valence-corrected chi connectivity index (χ3v) is 3.64. The lowest BCUT2D eigenvalue weighted by molar-refractivity contribution is 0.285. The Labute approximate surface area is 116 Å². The lowest BCUT2D eigenvalue weighted by atomic mass is 10.1. The molecule has 1 saturated heterocycles. The van der Waals surface area contributed by atoms with Crippen LogP contribution in [-0.2, 0) is 6.54 Å². The highest BCUT2D eigenvalue weighted by molar-refractivity contribution is 5.81. The molecule has 0 unspecified atom stereocenters. The monoisotopic (exact) mass is 274 g/mol. The molecule has 0 aliphatic carbocycles. The van der Waals surface area contributed by atoms with Gasteiger partial charge in [-0.15, -0.1) is 0 Å². The Morgan fingerprint density at radius 2 is 2.15 bits per heavy atom. The first-order valence-electron chi connectivity index (χ1n) is 6.91. The Hall–Kier alpha value is -1.85. The molecule has 1 aromatic heterocycles. The van der Waals surface area contributed by atoms with Gasteiger partial charge in [0.15, 0.2) is 0 Å². The summed E-state index contributed by atoms with van der Waals surface area (Å²) in [5.41, 5.74) is 1.03. The van der Waals surface area contributed by atoms with Crippen molar-refractivity contribution in [2.24, 2.45) is 0 Å². The fourth-order valence-electron chi connectivity index (χ4n) is 2.65. The number of fused-ring (bicyclic) bond motifs is 1. The van der Waals surface area contributed by atoms with E-state index in [2.05, 4.69) is 10.2 Å². The first-order valence-corrected chi connectivity index (χ1v) is 6.91. The molecular formula is C15H18N2O3. The second kappa shape index (κ2) is 5.64. The summed E-state index contributed by atoms with van der Waals surface area (Å²) in [4.78, 5) is 14.0. The van der Waals surface area contributed by atoms with E-state index in [1.165, 1.54) is 6.07 Å². The topological polar surface area (TPSA) is 65.7 Å². The number of nitrogens with zero attached hydrogens (tertiary/aromatic N) is 1. The fraction of sp³-hybridized carbons (Fsp3) is 0.400. The van der Waals surface area contributed by atoms with Crippen LogP contribution in [0, 0.1) is 0 Å². The van der Waals surface area contributed by atoms with Gasteiger partial charge in [-0.05, 0) is 37.2 Å². The molecule has 1 aliphatic heterocycles. The van der Waals surface area contributed by atoms with Crippen molar-refractivity contribution in [2.45, 2.75) is 13.0 Å². The zero-order valence-corrected chi connectivity index (χ0v) is 11.3. The van der Waals surface area contributed by atoms with Gasteiger partial charge in [0.1, 0.15) is 11.3 Å². The van der Waals surface area contributed by atoms with Crippen LogP contribution in [0.15, 0.2) is 33.5 Å². The molecule has 2 N–H and O–H groups in total. The van der Waals surface area contributed by atoms with Crippen molar-refractivity contribution in [2.75, 3.05) is 26.2 Å². The minimum absolute atomic E-state index is 0.108. The summed E-state index contributed by atoms with van der Waals surface area (Å²) < 4.78 is 5.15. The van der Waals surface area contributed by atoms with Crippen LogP contribution in [0.1, 0.15) is 12.0 Å². The van der Waals surface area contributed by atoms with Crippen LogP contribution in [0.4, 0.5) is 0 Å². The molecule has 0 atom stereocenters. The molecule has 1 aromatic carbocycles. The van der Waals surface area contributed by atoms with Crippen molar-refractivity contribution in [3.8, 4) is 5.75 Å². The highest BCUT2D eigenvalue weighted by atomic mass is 16.4. The van der Waals surface area contributed by atoms with Gasteiger partial charge in [-0.2, -0.15) is 0 Å². The molecule has 3 rings (SSSR count). The van der Waals surface area contributed by atoms with E-state index in [0.717, 1.165) is 50.1 Å². The normalized spacial score (nSPS) is 17.2. The molecule has 106 valence electrons. The third kappa shape index (κ3) is 2.84. The van der Waals surface area contributed by atoms with Crippen LogP contribution in [0.5, 0.6) is 5.75 Å². The Balaban J connectivity index is 1.95. The number of aromatic hydroxyl groups is 1. The molecule has 0 saturated carbocycles. The van der Waals surface area contributed by atoms with Crippen molar-refractivity contribution in [3.63, 3.8) is 0 Å². The number of nitrogens with one attached hydrogen (secondary N) is 1. The fourth-order valence-corrected chi connectivity index (χ4v) is 2.65. The Morgan fingerprint density at radius 1 is 1.25 bits per heavy atom. The van der Waals surface area contributed by atoms with Gasteiger partial charge in [0, 0.05) is 37.2 Å². The summed E-state index contributed by atoms with van der Waals surface area (Å²) >= 11 is 0. The molecular weight excluding hydrogens is 256 g/mol. The van der Waals surface area contributed by atoms with Crippen LogP contribution >= 0.6 is 0 Å². The van der Waals surface area contributed by atoms with Gasteiger partial charge in [0.05, 0.1) is 0 Å². The number of hydrogen-bond donors (Lipinski definition) is 2. The maximum Gasteiger partial charge on any atom is 0.336 e. The van der Waals surface area contributed by atoms with Gasteiger partial charge in [0.25, 0.3) is 0 Å². The van der Waals surface area contributed by atoms with E-state index in [1.54, 1.807) is 18.2 Å². The summed E-state index contributed by atoms with van der Waals surface area (Å²) in [6.45, 7) is 4.74. The number of rotatable bonds is 2. The largest absolute Gasteiger partial charge is 0.508 e. The van der Waals surface area contributed by atoms with E-state index in [9.17, 15) is 9.90 Å². The van der Waals surface area contributed by atoms with Crippen LogP contribution in [0.2, 0.25) is 0 Å². The second-order valence-corrected chi connectivity index (χ2v) is 5.15. The average Bonchev–Trinajstić information content (AvgIpc) is 2.66. The molecule has 20 heavy (non-hydrogen) atoms. The Kier molecular flexibility index (Phi) is 3.71. The molecule has 0 radical (unpaired) electrons. The van der Waals surface area contributed by atoms with Crippen molar-refractivity contribution < 1.29 is 9.52 Å². The first kappa shape index (κ1) is 13.1. The highest BCUT2D eigenvalue weighted by Crippen LogP contribution is 2.22. The zero-order valence-electron chi connectivity index (χ0n) is 11.3. The second-order valence-electron chi connectivity index (χ2n) is 5.15. The van der Waals surface area contributed by atoms with Crippen LogP contribution in [0.25, 0.3) is 11.0 Å². The maximum atomic E-state index is 11.6. The maximum absolute atomic E-state index is 11.6. The summed E-state index contributed by atoms with van der Waals surface area (Å²) in [5, 5.41) is 13.7. The van der Waals surface area contributed by atoms with Crippen molar-refractivity contribution in [1.29, 1.82) is 0 Å². The highest BCUT2D eigenvalue weighted by Gasteiger charge is 2.12. The van der Waals surface area contributed by atoms with Gasteiger partial charge < -0.3 is 14.8 Å². The number of phenolic OH excluding ortho intramolecular Hbond substituents is 1. The van der Waals surface area contributed by atoms with Gasteiger partial charge >= 0.3 is 5.63 Å². The standard InChI is InChI=1S/C15H18N2O3/c18-12-2-3-13-11(8-15(19)20-14(13)9-12)10-17-6-1-4-16-5-7-17/h2-3,8-9,16,18H,1,4-7,10H2. The molecule has 5 nitrogen and oxygen atoms in total. The Bertz CT molecular complexity index is 658. The quantitative estimate of drug-likeness (QED) is 0.808. The van der Waals surface area contributed by atoms with E-state index in [-0.39, 0.29) is 11.4 Å². The van der Waals surface area contributed by atoms with E-state index >= 15 is 0 Å². The molecule has 5 heteroatoms. The SMILES string of the molecule is O=c1cc(CN2CCCNCC2)c2ccc(O)cc2o1. The van der Waals surface area contributed by atoms with Crippen LogP contribution in [-0.4, -0.2) is 36.2 Å². The van der Waals surface area contributed by atoms with E-state index in [0.29, 0.717) is 5.58 Å². The van der Waals surface area contributed by atoms with Crippen LogP contribution < -0.4 is 10.9 Å².